The van der Waals surface area contributed by atoms with Crippen LogP contribution in [-0.4, -0.2) is 18.6 Å². The minimum absolute atomic E-state index is 0.617. The fourth-order valence-corrected chi connectivity index (χ4v) is 4.14. The molecule has 0 aliphatic heterocycles. The molecule has 0 bridgehead atoms. The molecular formula is C20H26N2O. The Balaban J connectivity index is 1.90. The normalized spacial score (nSPS) is 24.0. The molecule has 0 spiro atoms. The van der Waals surface area contributed by atoms with Gasteiger partial charge in [0.1, 0.15) is 5.75 Å². The van der Waals surface area contributed by atoms with Gasteiger partial charge in [0.05, 0.1) is 12.6 Å². The molecule has 122 valence electrons. The molecule has 2 N–H and O–H groups in total. The molecule has 1 aliphatic rings. The molecule has 1 heterocycles. The second kappa shape index (κ2) is 7.14. The van der Waals surface area contributed by atoms with Crippen LogP contribution < -0.4 is 10.5 Å². The van der Waals surface area contributed by atoms with E-state index < -0.39 is 0 Å². The zero-order chi connectivity index (χ0) is 16.2. The molecule has 1 saturated carbocycles. The molecule has 3 atom stereocenters. The molecule has 0 radical (unpaired) electrons. The van der Waals surface area contributed by atoms with Gasteiger partial charge in [-0.2, -0.15) is 0 Å². The minimum Gasteiger partial charge on any atom is -0.497 e. The van der Waals surface area contributed by atoms with Crippen molar-refractivity contribution in [3.05, 3.63) is 48.7 Å². The monoisotopic (exact) mass is 310 g/mol. The fraction of sp³-hybridized carbons (Fsp3) is 0.450. The Morgan fingerprint density at radius 3 is 2.96 bits per heavy atom. The van der Waals surface area contributed by atoms with Gasteiger partial charge in [0, 0.05) is 11.6 Å². The maximum absolute atomic E-state index is 5.85. The van der Waals surface area contributed by atoms with Crippen LogP contribution in [0.1, 0.15) is 24.8 Å². The van der Waals surface area contributed by atoms with Gasteiger partial charge in [-0.15, -0.1) is 6.58 Å². The first-order valence-corrected chi connectivity index (χ1v) is 8.51. The highest BCUT2D eigenvalue weighted by molar-refractivity contribution is 5.83. The summed E-state index contributed by atoms with van der Waals surface area (Å²) in [5.41, 5.74) is 8.25. The van der Waals surface area contributed by atoms with Crippen LogP contribution in [0.2, 0.25) is 0 Å². The first-order chi connectivity index (χ1) is 11.3. The maximum Gasteiger partial charge on any atom is 0.119 e. The number of hydrogen-bond donors (Lipinski definition) is 1. The zero-order valence-electron chi connectivity index (χ0n) is 13.9. The van der Waals surface area contributed by atoms with E-state index in [1.807, 2.05) is 18.3 Å². The number of nitrogens with two attached hydrogens (primary N) is 1. The van der Waals surface area contributed by atoms with Gasteiger partial charge in [0.25, 0.3) is 0 Å². The first kappa shape index (κ1) is 16.0. The standard InChI is InChI=1S/C20H26N2O/c1-3-14-4-5-15(18(14)8-10-21)12-16-9-11-22-20-7-6-17(23-2)13-19(16)20/h3,6-7,9,11,13-15,18H,1,4-5,8,10,12,21H2,2H3. The summed E-state index contributed by atoms with van der Waals surface area (Å²) in [6.45, 7) is 4.78. The van der Waals surface area contributed by atoms with Crippen molar-refractivity contribution in [2.45, 2.75) is 25.7 Å². The lowest BCUT2D eigenvalue weighted by Gasteiger charge is -2.23. The molecule has 3 unspecified atom stereocenters. The second-order valence-corrected chi connectivity index (χ2v) is 6.54. The Kier molecular flexibility index (Phi) is 4.97. The summed E-state index contributed by atoms with van der Waals surface area (Å²) in [4.78, 5) is 4.49. The maximum atomic E-state index is 5.85. The zero-order valence-corrected chi connectivity index (χ0v) is 13.9. The average Bonchev–Trinajstić information content (AvgIpc) is 2.97. The predicted molar refractivity (Wildman–Crippen MR) is 95.6 cm³/mol. The van der Waals surface area contributed by atoms with E-state index in [9.17, 15) is 0 Å². The Morgan fingerprint density at radius 1 is 1.35 bits per heavy atom. The Labute approximate surface area is 138 Å². The number of benzene rings is 1. The minimum atomic E-state index is 0.617. The molecule has 1 aromatic carbocycles. The summed E-state index contributed by atoms with van der Waals surface area (Å²) in [6, 6.07) is 8.27. The van der Waals surface area contributed by atoms with Crippen LogP contribution in [0.5, 0.6) is 5.75 Å². The van der Waals surface area contributed by atoms with Crippen LogP contribution in [0.4, 0.5) is 0 Å². The van der Waals surface area contributed by atoms with Crippen LogP contribution >= 0.6 is 0 Å². The number of ether oxygens (including phenoxy) is 1. The molecule has 3 heteroatoms. The highest BCUT2D eigenvalue weighted by atomic mass is 16.5. The van der Waals surface area contributed by atoms with Gasteiger partial charge in [-0.05, 0) is 79.8 Å². The number of methoxy groups -OCH3 is 1. The highest BCUT2D eigenvalue weighted by Gasteiger charge is 2.33. The molecular weight excluding hydrogens is 284 g/mol. The lowest BCUT2D eigenvalue weighted by Crippen LogP contribution is -2.19. The van der Waals surface area contributed by atoms with Crippen LogP contribution in [-0.2, 0) is 6.42 Å². The molecule has 3 nitrogen and oxygen atoms in total. The smallest absolute Gasteiger partial charge is 0.119 e. The lowest BCUT2D eigenvalue weighted by molar-refractivity contribution is 0.328. The molecule has 1 fully saturated rings. The largest absolute Gasteiger partial charge is 0.497 e. The number of fused-ring (bicyclic) bond motifs is 1. The quantitative estimate of drug-likeness (QED) is 0.821. The van der Waals surface area contributed by atoms with Crippen molar-refractivity contribution in [3.8, 4) is 5.75 Å². The van der Waals surface area contributed by atoms with E-state index in [0.29, 0.717) is 17.8 Å². The number of aromatic nitrogens is 1. The highest BCUT2D eigenvalue weighted by Crippen LogP contribution is 2.42. The van der Waals surface area contributed by atoms with E-state index in [1.165, 1.54) is 23.8 Å². The van der Waals surface area contributed by atoms with Crippen molar-refractivity contribution in [2.24, 2.45) is 23.5 Å². The summed E-state index contributed by atoms with van der Waals surface area (Å²) in [5, 5.41) is 1.21. The van der Waals surface area contributed by atoms with E-state index in [2.05, 4.69) is 29.8 Å². The Hall–Kier alpha value is -1.87. The molecule has 1 aliphatic carbocycles. The van der Waals surface area contributed by atoms with Crippen molar-refractivity contribution < 1.29 is 4.74 Å². The van der Waals surface area contributed by atoms with Crippen molar-refractivity contribution in [1.82, 2.24) is 4.98 Å². The van der Waals surface area contributed by atoms with Gasteiger partial charge < -0.3 is 10.5 Å². The van der Waals surface area contributed by atoms with E-state index in [-0.39, 0.29) is 0 Å². The molecule has 3 rings (SSSR count). The average molecular weight is 310 g/mol. The van der Waals surface area contributed by atoms with Crippen molar-refractivity contribution >= 4 is 10.9 Å². The molecule has 0 amide bonds. The molecule has 23 heavy (non-hydrogen) atoms. The lowest BCUT2D eigenvalue weighted by atomic mass is 9.82. The summed E-state index contributed by atoms with van der Waals surface area (Å²) >= 11 is 0. The number of hydrogen-bond acceptors (Lipinski definition) is 3. The van der Waals surface area contributed by atoms with Crippen molar-refractivity contribution in [1.29, 1.82) is 0 Å². The van der Waals surface area contributed by atoms with Gasteiger partial charge in [-0.3, -0.25) is 4.98 Å². The first-order valence-electron chi connectivity index (χ1n) is 8.51. The molecule has 2 aromatic rings. The summed E-state index contributed by atoms with van der Waals surface area (Å²) < 4.78 is 5.38. The van der Waals surface area contributed by atoms with E-state index >= 15 is 0 Å². The Bertz CT molecular complexity index is 682. The predicted octanol–water partition coefficient (Wildman–Crippen LogP) is 3.96. The van der Waals surface area contributed by atoms with Gasteiger partial charge in [-0.25, -0.2) is 0 Å². The van der Waals surface area contributed by atoms with Crippen molar-refractivity contribution in [2.75, 3.05) is 13.7 Å². The fourth-order valence-electron chi connectivity index (χ4n) is 4.14. The van der Waals surface area contributed by atoms with Crippen LogP contribution in [0, 0.1) is 17.8 Å². The van der Waals surface area contributed by atoms with Gasteiger partial charge in [-0.1, -0.05) is 6.08 Å². The van der Waals surface area contributed by atoms with Crippen LogP contribution in [0.3, 0.4) is 0 Å². The number of pyridine rings is 1. The molecule has 0 saturated heterocycles. The van der Waals surface area contributed by atoms with Gasteiger partial charge in [0.15, 0.2) is 0 Å². The third-order valence-corrected chi connectivity index (χ3v) is 5.35. The molecule has 1 aromatic heterocycles. The topological polar surface area (TPSA) is 48.1 Å². The van der Waals surface area contributed by atoms with Gasteiger partial charge >= 0.3 is 0 Å². The third-order valence-electron chi connectivity index (χ3n) is 5.35. The summed E-state index contributed by atoms with van der Waals surface area (Å²) in [7, 11) is 1.71. The number of rotatable bonds is 6. The third kappa shape index (κ3) is 3.25. The van der Waals surface area contributed by atoms with Crippen LogP contribution in [0.15, 0.2) is 43.1 Å². The SMILES string of the molecule is C=CC1CCC(Cc2ccnc3ccc(OC)cc23)C1CCN. The number of allylic oxidation sites excluding steroid dienone is 1. The summed E-state index contributed by atoms with van der Waals surface area (Å²) in [5.74, 6) is 2.84. The van der Waals surface area contributed by atoms with Crippen molar-refractivity contribution in [3.63, 3.8) is 0 Å². The second-order valence-electron chi connectivity index (χ2n) is 6.54. The number of nitrogens with zero attached hydrogens (tertiary/aromatic N) is 1. The Morgan fingerprint density at radius 2 is 2.22 bits per heavy atom. The van der Waals surface area contributed by atoms with E-state index in [0.717, 1.165) is 30.7 Å². The summed E-state index contributed by atoms with van der Waals surface area (Å²) in [6.07, 6.45) is 8.73. The van der Waals surface area contributed by atoms with E-state index in [1.54, 1.807) is 7.11 Å². The van der Waals surface area contributed by atoms with Crippen LogP contribution in [0.25, 0.3) is 10.9 Å². The van der Waals surface area contributed by atoms with E-state index in [4.69, 9.17) is 10.5 Å². The van der Waals surface area contributed by atoms with Gasteiger partial charge in [0.2, 0.25) is 0 Å².